The van der Waals surface area contributed by atoms with E-state index in [2.05, 4.69) is 12.2 Å². The normalized spacial score (nSPS) is 51.6. The van der Waals surface area contributed by atoms with Crippen LogP contribution in [0.25, 0.3) is 0 Å². The quantitative estimate of drug-likeness (QED) is 0.690. The van der Waals surface area contributed by atoms with E-state index in [0.29, 0.717) is 6.10 Å². The molecule has 0 aromatic heterocycles. The molecule has 1 N–H and O–H groups in total. The first-order chi connectivity index (χ1) is 6.84. The summed E-state index contributed by atoms with van der Waals surface area (Å²) in [4.78, 5) is 0. The van der Waals surface area contributed by atoms with Crippen molar-refractivity contribution in [1.82, 2.24) is 5.32 Å². The van der Waals surface area contributed by atoms with Crippen LogP contribution in [0.4, 0.5) is 0 Å². The fourth-order valence-corrected chi connectivity index (χ4v) is 3.51. The molecule has 0 bridgehead atoms. The molecule has 1 spiro atoms. The largest absolute Gasteiger partial charge is 0.369 e. The van der Waals surface area contributed by atoms with Crippen molar-refractivity contribution in [3.8, 4) is 0 Å². The molecule has 1 aliphatic heterocycles. The van der Waals surface area contributed by atoms with Gasteiger partial charge < -0.3 is 10.1 Å². The number of morpholine rings is 1. The van der Waals surface area contributed by atoms with Crippen LogP contribution in [0.2, 0.25) is 0 Å². The summed E-state index contributed by atoms with van der Waals surface area (Å²) in [5.74, 6) is 1.92. The Morgan fingerprint density at radius 3 is 3.29 bits per heavy atom. The molecule has 0 amide bonds. The third-order valence-electron chi connectivity index (χ3n) is 4.43. The van der Waals surface area contributed by atoms with Crippen molar-refractivity contribution in [1.29, 1.82) is 0 Å². The molecule has 1 saturated heterocycles. The van der Waals surface area contributed by atoms with Gasteiger partial charge in [0.25, 0.3) is 0 Å². The molecule has 2 saturated carbocycles. The summed E-state index contributed by atoms with van der Waals surface area (Å²) in [6, 6.07) is 0. The van der Waals surface area contributed by atoms with Crippen LogP contribution in [0, 0.1) is 11.8 Å². The first kappa shape index (κ1) is 9.17. The van der Waals surface area contributed by atoms with Crippen molar-refractivity contribution in [2.45, 2.75) is 50.7 Å². The first-order valence-electron chi connectivity index (χ1n) is 6.22. The molecule has 0 aromatic carbocycles. The Kier molecular flexibility index (Phi) is 2.10. The molecule has 14 heavy (non-hydrogen) atoms. The molecule has 0 radical (unpaired) electrons. The zero-order valence-electron chi connectivity index (χ0n) is 9.09. The predicted octanol–water partition coefficient (Wildman–Crippen LogP) is 1.94. The Morgan fingerprint density at radius 1 is 1.50 bits per heavy atom. The monoisotopic (exact) mass is 195 g/mol. The number of nitrogens with one attached hydrogen (secondary N) is 1. The van der Waals surface area contributed by atoms with Crippen molar-refractivity contribution >= 4 is 0 Å². The molecular weight excluding hydrogens is 174 g/mol. The average Bonchev–Trinajstić information content (AvgIpc) is 2.99. The van der Waals surface area contributed by atoms with Gasteiger partial charge in [0.15, 0.2) is 0 Å². The number of fused-ring (bicyclic) bond motifs is 2. The minimum Gasteiger partial charge on any atom is -0.369 e. The fourth-order valence-electron chi connectivity index (χ4n) is 3.51. The van der Waals surface area contributed by atoms with E-state index in [9.17, 15) is 0 Å². The highest BCUT2D eigenvalue weighted by Crippen LogP contribution is 2.57. The molecule has 2 heteroatoms. The van der Waals surface area contributed by atoms with Crippen LogP contribution < -0.4 is 5.32 Å². The molecule has 4 unspecified atom stereocenters. The van der Waals surface area contributed by atoms with Crippen LogP contribution in [-0.4, -0.2) is 24.8 Å². The second-order valence-corrected chi connectivity index (χ2v) is 5.34. The van der Waals surface area contributed by atoms with Gasteiger partial charge in [0.05, 0.1) is 11.7 Å². The second kappa shape index (κ2) is 3.21. The van der Waals surface area contributed by atoms with Crippen molar-refractivity contribution in [2.75, 3.05) is 13.1 Å². The molecule has 0 aromatic rings. The van der Waals surface area contributed by atoms with E-state index >= 15 is 0 Å². The van der Waals surface area contributed by atoms with Gasteiger partial charge in [0.1, 0.15) is 0 Å². The van der Waals surface area contributed by atoms with Crippen molar-refractivity contribution < 1.29 is 4.74 Å². The molecule has 2 nitrogen and oxygen atoms in total. The standard InChI is InChI=1S/C12H21NO/c1-2-10-7-13-8-12(14-10)5-3-4-9-6-11(9)12/h9-11,13H,2-8H2,1H3. The number of hydrogen-bond acceptors (Lipinski definition) is 2. The van der Waals surface area contributed by atoms with Crippen molar-refractivity contribution in [2.24, 2.45) is 11.8 Å². The Labute approximate surface area is 86.4 Å². The van der Waals surface area contributed by atoms with E-state index in [0.717, 1.165) is 31.3 Å². The maximum atomic E-state index is 6.36. The fraction of sp³-hybridized carbons (Fsp3) is 1.00. The highest BCUT2D eigenvalue weighted by atomic mass is 16.5. The Bertz CT molecular complexity index is 226. The molecule has 80 valence electrons. The maximum Gasteiger partial charge on any atom is 0.0841 e. The maximum absolute atomic E-state index is 6.36. The highest BCUT2D eigenvalue weighted by molar-refractivity contribution is 5.08. The molecule has 3 fully saturated rings. The Morgan fingerprint density at radius 2 is 2.43 bits per heavy atom. The topological polar surface area (TPSA) is 21.3 Å². The van der Waals surface area contributed by atoms with E-state index in [4.69, 9.17) is 4.74 Å². The van der Waals surface area contributed by atoms with Gasteiger partial charge in [-0.2, -0.15) is 0 Å². The smallest absolute Gasteiger partial charge is 0.0841 e. The van der Waals surface area contributed by atoms with Gasteiger partial charge in [-0.1, -0.05) is 13.3 Å². The zero-order valence-corrected chi connectivity index (χ0v) is 9.09. The van der Waals surface area contributed by atoms with Gasteiger partial charge in [-0.3, -0.25) is 0 Å². The second-order valence-electron chi connectivity index (χ2n) is 5.34. The minimum absolute atomic E-state index is 0.252. The van der Waals surface area contributed by atoms with E-state index in [1.807, 2.05) is 0 Å². The number of hydrogen-bond donors (Lipinski definition) is 1. The zero-order chi connectivity index (χ0) is 9.60. The predicted molar refractivity (Wildman–Crippen MR) is 56.2 cm³/mol. The van der Waals surface area contributed by atoms with E-state index in [1.54, 1.807) is 0 Å². The van der Waals surface area contributed by atoms with Gasteiger partial charge in [0, 0.05) is 13.1 Å². The number of rotatable bonds is 1. The molecule has 3 aliphatic rings. The summed E-state index contributed by atoms with van der Waals surface area (Å²) in [6.07, 6.45) is 7.23. The van der Waals surface area contributed by atoms with Gasteiger partial charge in [0.2, 0.25) is 0 Å². The summed E-state index contributed by atoms with van der Waals surface area (Å²) in [5.41, 5.74) is 0.252. The Hall–Kier alpha value is -0.0800. The lowest BCUT2D eigenvalue weighted by molar-refractivity contribution is -0.143. The molecule has 1 heterocycles. The van der Waals surface area contributed by atoms with Crippen LogP contribution in [-0.2, 0) is 4.74 Å². The molecular formula is C12H21NO. The van der Waals surface area contributed by atoms with Gasteiger partial charge in [-0.25, -0.2) is 0 Å². The molecule has 4 atom stereocenters. The SMILES string of the molecule is CCC1CNCC2(CCCC3CC32)O1. The van der Waals surface area contributed by atoms with Crippen molar-refractivity contribution in [3.05, 3.63) is 0 Å². The van der Waals surface area contributed by atoms with E-state index in [1.165, 1.54) is 25.7 Å². The first-order valence-corrected chi connectivity index (χ1v) is 6.22. The Balaban J connectivity index is 1.74. The van der Waals surface area contributed by atoms with Crippen LogP contribution in [0.5, 0.6) is 0 Å². The third-order valence-corrected chi connectivity index (χ3v) is 4.43. The van der Waals surface area contributed by atoms with Crippen LogP contribution in [0.3, 0.4) is 0 Å². The summed E-state index contributed by atoms with van der Waals surface area (Å²) in [5, 5.41) is 3.58. The van der Waals surface area contributed by atoms with E-state index < -0.39 is 0 Å². The van der Waals surface area contributed by atoms with Gasteiger partial charge in [-0.15, -0.1) is 0 Å². The lowest BCUT2D eigenvalue weighted by Crippen LogP contribution is -2.56. The summed E-state index contributed by atoms with van der Waals surface area (Å²) < 4.78 is 6.36. The minimum atomic E-state index is 0.252. The van der Waals surface area contributed by atoms with Gasteiger partial charge >= 0.3 is 0 Å². The summed E-state index contributed by atoms with van der Waals surface area (Å²) in [7, 11) is 0. The van der Waals surface area contributed by atoms with Crippen LogP contribution in [0.15, 0.2) is 0 Å². The van der Waals surface area contributed by atoms with E-state index in [-0.39, 0.29) is 5.60 Å². The summed E-state index contributed by atoms with van der Waals surface area (Å²) in [6.45, 7) is 4.42. The molecule has 2 aliphatic carbocycles. The number of ether oxygens (including phenoxy) is 1. The van der Waals surface area contributed by atoms with Crippen molar-refractivity contribution in [3.63, 3.8) is 0 Å². The van der Waals surface area contributed by atoms with Crippen LogP contribution >= 0.6 is 0 Å². The average molecular weight is 195 g/mol. The third kappa shape index (κ3) is 1.31. The van der Waals surface area contributed by atoms with Gasteiger partial charge in [-0.05, 0) is 37.5 Å². The summed E-state index contributed by atoms with van der Waals surface area (Å²) >= 11 is 0. The molecule has 3 rings (SSSR count). The highest BCUT2D eigenvalue weighted by Gasteiger charge is 2.56. The van der Waals surface area contributed by atoms with Crippen LogP contribution in [0.1, 0.15) is 39.0 Å². The lowest BCUT2D eigenvalue weighted by Gasteiger charge is -2.44. The lowest BCUT2D eigenvalue weighted by atomic mass is 9.83.